The quantitative estimate of drug-likeness (QED) is 0.803. The molecule has 29 heavy (non-hydrogen) atoms. The van der Waals surface area contributed by atoms with Gasteiger partial charge in [0.25, 0.3) is 5.91 Å². The normalized spacial score (nSPS) is 14.4. The van der Waals surface area contributed by atoms with Crippen molar-refractivity contribution in [3.63, 3.8) is 0 Å². The molecular formula is C22H28N4O3. The van der Waals surface area contributed by atoms with Gasteiger partial charge in [-0.05, 0) is 57.4 Å². The zero-order chi connectivity index (χ0) is 20.8. The number of carbonyl (C=O) groups is 2. The molecule has 0 spiro atoms. The van der Waals surface area contributed by atoms with Gasteiger partial charge in [0.05, 0.1) is 6.61 Å². The van der Waals surface area contributed by atoms with Gasteiger partial charge < -0.3 is 20.3 Å². The van der Waals surface area contributed by atoms with Crippen molar-refractivity contribution in [1.29, 1.82) is 0 Å². The summed E-state index contributed by atoms with van der Waals surface area (Å²) in [7, 11) is 0. The van der Waals surface area contributed by atoms with Crippen LogP contribution in [0.25, 0.3) is 0 Å². The maximum atomic E-state index is 12.7. The third kappa shape index (κ3) is 5.47. The lowest BCUT2D eigenvalue weighted by atomic mass is 10.0. The van der Waals surface area contributed by atoms with E-state index in [0.717, 1.165) is 11.3 Å². The lowest BCUT2D eigenvalue weighted by molar-refractivity contribution is 0.0860. The number of amides is 2. The molecule has 7 heteroatoms. The Hall–Kier alpha value is -3.09. The number of rotatable bonds is 5. The van der Waals surface area contributed by atoms with Crippen molar-refractivity contribution in [1.82, 2.24) is 15.2 Å². The molecule has 1 fully saturated rings. The van der Waals surface area contributed by atoms with Crippen molar-refractivity contribution in [2.24, 2.45) is 0 Å². The fourth-order valence-electron chi connectivity index (χ4n) is 3.42. The van der Waals surface area contributed by atoms with E-state index in [9.17, 15) is 9.59 Å². The summed E-state index contributed by atoms with van der Waals surface area (Å²) in [5.74, 6) is 0.493. The molecule has 0 aliphatic carbocycles. The number of aromatic nitrogens is 1. The Morgan fingerprint density at radius 3 is 2.62 bits per heavy atom. The molecule has 2 N–H and O–H groups in total. The molecule has 1 aliphatic rings. The van der Waals surface area contributed by atoms with Crippen LogP contribution in [0.4, 0.5) is 16.3 Å². The zero-order valence-electron chi connectivity index (χ0n) is 17.2. The van der Waals surface area contributed by atoms with Crippen LogP contribution in [-0.4, -0.2) is 47.6 Å². The first-order valence-corrected chi connectivity index (χ1v) is 9.99. The van der Waals surface area contributed by atoms with Crippen LogP contribution in [0.5, 0.6) is 0 Å². The second-order valence-electron chi connectivity index (χ2n) is 7.31. The number of nitrogens with zero attached hydrogens (tertiary/aromatic N) is 2. The third-order valence-corrected chi connectivity index (χ3v) is 5.02. The van der Waals surface area contributed by atoms with Crippen LogP contribution in [0, 0.1) is 13.8 Å². The van der Waals surface area contributed by atoms with Crippen molar-refractivity contribution in [3.05, 3.63) is 53.2 Å². The summed E-state index contributed by atoms with van der Waals surface area (Å²) in [6, 6.07) is 9.64. The molecule has 1 saturated heterocycles. The van der Waals surface area contributed by atoms with E-state index >= 15 is 0 Å². The molecule has 0 radical (unpaired) electrons. The summed E-state index contributed by atoms with van der Waals surface area (Å²) in [6.07, 6.45) is 2.77. The van der Waals surface area contributed by atoms with Gasteiger partial charge in [-0.1, -0.05) is 17.7 Å². The number of pyridine rings is 1. The predicted octanol–water partition coefficient (Wildman–Crippen LogP) is 3.79. The summed E-state index contributed by atoms with van der Waals surface area (Å²) in [5.41, 5.74) is 3.84. The number of carbonyl (C=O) groups excluding carboxylic acids is 2. The molecule has 1 aromatic heterocycles. The lowest BCUT2D eigenvalue weighted by Gasteiger charge is -2.31. The molecule has 2 amide bonds. The molecule has 1 aromatic carbocycles. The zero-order valence-corrected chi connectivity index (χ0v) is 17.2. The maximum absolute atomic E-state index is 12.7. The number of benzene rings is 1. The first kappa shape index (κ1) is 20.6. The molecule has 0 bridgehead atoms. The first-order valence-electron chi connectivity index (χ1n) is 9.99. The highest BCUT2D eigenvalue weighted by Crippen LogP contribution is 2.21. The third-order valence-electron chi connectivity index (χ3n) is 5.02. The monoisotopic (exact) mass is 396 g/mol. The minimum absolute atomic E-state index is 0.0390. The Balaban J connectivity index is 1.58. The first-order chi connectivity index (χ1) is 14.0. The van der Waals surface area contributed by atoms with Gasteiger partial charge >= 0.3 is 6.09 Å². The van der Waals surface area contributed by atoms with E-state index in [-0.39, 0.29) is 18.0 Å². The molecule has 0 atom stereocenters. The standard InChI is InChI=1S/C22H28N4O3/c1-4-29-22(28)26-11-8-18(9-12-26)24-21(27)17-7-10-23-20(14-17)25-19-6-5-15(2)13-16(19)3/h5-7,10,13-14,18H,4,8-9,11-12H2,1-3H3,(H,23,25)(H,24,27). The number of nitrogens with one attached hydrogen (secondary N) is 2. The van der Waals surface area contributed by atoms with Crippen LogP contribution in [0.15, 0.2) is 36.5 Å². The van der Waals surface area contributed by atoms with Crippen molar-refractivity contribution in [3.8, 4) is 0 Å². The number of anilines is 2. The molecule has 2 heterocycles. The maximum Gasteiger partial charge on any atom is 0.409 e. The Morgan fingerprint density at radius 2 is 1.93 bits per heavy atom. The molecule has 1 aliphatic heterocycles. The molecule has 7 nitrogen and oxygen atoms in total. The minimum atomic E-state index is -0.284. The summed E-state index contributed by atoms with van der Waals surface area (Å²) < 4.78 is 5.03. The van der Waals surface area contributed by atoms with Gasteiger partial charge in [-0.15, -0.1) is 0 Å². The Kier molecular flexibility index (Phi) is 6.69. The summed E-state index contributed by atoms with van der Waals surface area (Å²) in [6.45, 7) is 7.42. The Labute approximate surface area is 171 Å². The van der Waals surface area contributed by atoms with Gasteiger partial charge in [-0.25, -0.2) is 9.78 Å². The van der Waals surface area contributed by atoms with Crippen molar-refractivity contribution < 1.29 is 14.3 Å². The highest BCUT2D eigenvalue weighted by atomic mass is 16.6. The second kappa shape index (κ2) is 9.41. The van der Waals surface area contributed by atoms with Crippen LogP contribution in [0.1, 0.15) is 41.3 Å². The van der Waals surface area contributed by atoms with Gasteiger partial charge in [0.1, 0.15) is 5.82 Å². The molecular weight excluding hydrogens is 368 g/mol. The van der Waals surface area contributed by atoms with E-state index in [1.807, 2.05) is 19.1 Å². The predicted molar refractivity (Wildman–Crippen MR) is 113 cm³/mol. The number of ether oxygens (including phenoxy) is 1. The number of piperidine rings is 1. The van der Waals surface area contributed by atoms with Crippen LogP contribution < -0.4 is 10.6 Å². The van der Waals surface area contributed by atoms with Crippen LogP contribution in [0.2, 0.25) is 0 Å². The lowest BCUT2D eigenvalue weighted by Crippen LogP contribution is -2.46. The molecule has 0 unspecified atom stereocenters. The smallest absolute Gasteiger partial charge is 0.409 e. The average molecular weight is 396 g/mol. The summed E-state index contributed by atoms with van der Waals surface area (Å²) in [4.78, 5) is 30.5. The number of likely N-dealkylation sites (tertiary alicyclic amines) is 1. The van der Waals surface area contributed by atoms with E-state index in [1.165, 1.54) is 5.56 Å². The van der Waals surface area contributed by atoms with E-state index in [2.05, 4.69) is 28.6 Å². The largest absolute Gasteiger partial charge is 0.450 e. The van der Waals surface area contributed by atoms with Crippen LogP contribution in [-0.2, 0) is 4.74 Å². The number of hydrogen-bond donors (Lipinski definition) is 2. The molecule has 154 valence electrons. The van der Waals surface area contributed by atoms with Gasteiger partial charge in [0.15, 0.2) is 0 Å². The van der Waals surface area contributed by atoms with Gasteiger partial charge in [-0.2, -0.15) is 0 Å². The highest BCUT2D eigenvalue weighted by molar-refractivity contribution is 5.95. The van der Waals surface area contributed by atoms with E-state index < -0.39 is 0 Å². The molecule has 3 rings (SSSR count). The molecule has 2 aromatic rings. The van der Waals surface area contributed by atoms with Crippen molar-refractivity contribution in [2.75, 3.05) is 25.0 Å². The van der Waals surface area contributed by atoms with E-state index in [4.69, 9.17) is 4.74 Å². The fraction of sp³-hybridized carbons (Fsp3) is 0.409. The topological polar surface area (TPSA) is 83.6 Å². The van der Waals surface area contributed by atoms with Crippen LogP contribution in [0.3, 0.4) is 0 Å². The number of aryl methyl sites for hydroxylation is 2. The Bertz CT molecular complexity index is 876. The summed E-state index contributed by atoms with van der Waals surface area (Å²) in [5, 5.41) is 6.34. The fourth-order valence-corrected chi connectivity index (χ4v) is 3.42. The SMILES string of the molecule is CCOC(=O)N1CCC(NC(=O)c2ccnc(Nc3ccc(C)cc3C)c2)CC1. The van der Waals surface area contributed by atoms with E-state index in [1.54, 1.807) is 30.2 Å². The average Bonchev–Trinajstić information content (AvgIpc) is 2.71. The van der Waals surface area contributed by atoms with E-state index in [0.29, 0.717) is 43.9 Å². The van der Waals surface area contributed by atoms with Crippen molar-refractivity contribution >= 4 is 23.5 Å². The second-order valence-corrected chi connectivity index (χ2v) is 7.31. The van der Waals surface area contributed by atoms with Crippen molar-refractivity contribution in [2.45, 2.75) is 39.7 Å². The minimum Gasteiger partial charge on any atom is -0.450 e. The summed E-state index contributed by atoms with van der Waals surface area (Å²) >= 11 is 0. The Morgan fingerprint density at radius 1 is 1.17 bits per heavy atom. The molecule has 0 saturated carbocycles. The van der Waals surface area contributed by atoms with Gasteiger partial charge in [0.2, 0.25) is 0 Å². The van der Waals surface area contributed by atoms with Gasteiger partial charge in [-0.3, -0.25) is 4.79 Å². The highest BCUT2D eigenvalue weighted by Gasteiger charge is 2.24. The van der Waals surface area contributed by atoms with Crippen LogP contribution >= 0.6 is 0 Å². The van der Waals surface area contributed by atoms with Gasteiger partial charge in [0, 0.05) is 36.6 Å². The number of hydrogen-bond acceptors (Lipinski definition) is 5.